The number of nitrogens with one attached hydrogen (secondary N) is 1. The number of benzene rings is 1. The lowest BCUT2D eigenvalue weighted by Crippen LogP contribution is -2.51. The fraction of sp³-hybridized carbons (Fsp3) is 0.440. The molecule has 0 aliphatic carbocycles. The van der Waals surface area contributed by atoms with E-state index in [1.54, 1.807) is 31.4 Å². The van der Waals surface area contributed by atoms with E-state index in [1.165, 1.54) is 4.90 Å². The molecule has 10 heteroatoms. The van der Waals surface area contributed by atoms with Gasteiger partial charge in [-0.15, -0.1) is 10.2 Å². The lowest BCUT2D eigenvalue weighted by molar-refractivity contribution is -0.126. The second-order valence-electron chi connectivity index (χ2n) is 8.99. The second kappa shape index (κ2) is 11.8. The van der Waals surface area contributed by atoms with E-state index in [4.69, 9.17) is 15.2 Å². The lowest BCUT2D eigenvalue weighted by Gasteiger charge is -2.24. The average Bonchev–Trinajstić information content (AvgIpc) is 3.26. The third kappa shape index (κ3) is 7.00. The highest BCUT2D eigenvalue weighted by molar-refractivity contribution is 5.85. The summed E-state index contributed by atoms with van der Waals surface area (Å²) in [4.78, 5) is 26.6. The molecule has 0 saturated heterocycles. The zero-order valence-electron chi connectivity index (χ0n) is 20.7. The molecule has 35 heavy (non-hydrogen) atoms. The maximum absolute atomic E-state index is 12.8. The van der Waals surface area contributed by atoms with Crippen LogP contribution in [0.5, 0.6) is 0 Å². The second-order valence-corrected chi connectivity index (χ2v) is 8.99. The highest BCUT2D eigenvalue weighted by Gasteiger charge is 2.28. The summed E-state index contributed by atoms with van der Waals surface area (Å²) in [5, 5.41) is 11.5. The first kappa shape index (κ1) is 26.1. The van der Waals surface area contributed by atoms with Gasteiger partial charge in [0.25, 0.3) is 0 Å². The Morgan fingerprint density at radius 2 is 1.86 bits per heavy atom. The van der Waals surface area contributed by atoms with Crippen molar-refractivity contribution >= 4 is 17.6 Å². The SMILES string of the molecule is CCCN(C)C(=O)OCc1cccc2nnc([C@@H](COCc3ccccc3)NC(=O)C(C)(C)N)n12. The molecule has 0 radical (unpaired) electrons. The maximum Gasteiger partial charge on any atom is 0.409 e. The van der Waals surface area contributed by atoms with Gasteiger partial charge in [0.15, 0.2) is 11.5 Å². The van der Waals surface area contributed by atoms with Crippen LogP contribution in [-0.4, -0.2) is 57.2 Å². The fourth-order valence-electron chi connectivity index (χ4n) is 3.44. The fourth-order valence-corrected chi connectivity index (χ4v) is 3.44. The summed E-state index contributed by atoms with van der Waals surface area (Å²) in [6.07, 6.45) is 0.415. The van der Waals surface area contributed by atoms with Crippen LogP contribution in [0.15, 0.2) is 48.5 Å². The predicted molar refractivity (Wildman–Crippen MR) is 131 cm³/mol. The third-order valence-corrected chi connectivity index (χ3v) is 5.35. The Kier molecular flexibility index (Phi) is 8.78. The van der Waals surface area contributed by atoms with Crippen molar-refractivity contribution in [2.45, 2.75) is 52.0 Å². The van der Waals surface area contributed by atoms with Gasteiger partial charge < -0.3 is 25.4 Å². The number of nitrogens with two attached hydrogens (primary N) is 1. The number of nitrogens with zero attached hydrogens (tertiary/aromatic N) is 4. The lowest BCUT2D eigenvalue weighted by atomic mass is 10.1. The minimum atomic E-state index is -1.10. The Hall–Kier alpha value is -3.50. The molecule has 3 rings (SSSR count). The first-order valence-corrected chi connectivity index (χ1v) is 11.6. The number of hydrogen-bond donors (Lipinski definition) is 2. The summed E-state index contributed by atoms with van der Waals surface area (Å²) in [7, 11) is 1.70. The molecule has 0 saturated carbocycles. The van der Waals surface area contributed by atoms with Crippen molar-refractivity contribution in [1.29, 1.82) is 0 Å². The largest absolute Gasteiger partial charge is 0.443 e. The predicted octanol–water partition coefficient (Wildman–Crippen LogP) is 2.82. The smallest absolute Gasteiger partial charge is 0.409 e. The van der Waals surface area contributed by atoms with Gasteiger partial charge >= 0.3 is 6.09 Å². The van der Waals surface area contributed by atoms with Gasteiger partial charge in [-0.3, -0.25) is 9.20 Å². The Labute approximate surface area is 205 Å². The average molecular weight is 483 g/mol. The number of carbonyl (C=O) groups excluding carboxylic acids is 2. The van der Waals surface area contributed by atoms with Crippen LogP contribution >= 0.6 is 0 Å². The van der Waals surface area contributed by atoms with E-state index in [0.717, 1.165) is 12.0 Å². The molecule has 1 aromatic carbocycles. The number of rotatable bonds is 11. The molecule has 3 N–H and O–H groups in total. The van der Waals surface area contributed by atoms with Gasteiger partial charge in [-0.05, 0) is 38.0 Å². The molecule has 2 aromatic heterocycles. The Balaban J connectivity index is 1.85. The monoisotopic (exact) mass is 482 g/mol. The number of carbonyl (C=O) groups is 2. The van der Waals surface area contributed by atoms with E-state index in [-0.39, 0.29) is 19.1 Å². The molecule has 188 valence electrons. The van der Waals surface area contributed by atoms with E-state index >= 15 is 0 Å². The number of amides is 2. The quantitative estimate of drug-likeness (QED) is 0.431. The molecular weight excluding hydrogens is 448 g/mol. The molecule has 0 aliphatic heterocycles. The summed E-state index contributed by atoms with van der Waals surface area (Å²) >= 11 is 0. The van der Waals surface area contributed by atoms with Crippen molar-refractivity contribution in [2.75, 3.05) is 20.2 Å². The molecule has 2 amide bonds. The molecular formula is C25H34N6O4. The van der Waals surface area contributed by atoms with E-state index in [1.807, 2.05) is 49.4 Å². The Bertz CT molecular complexity index is 1130. The standard InChI is InChI=1S/C25H34N6O4/c1-5-14-30(4)24(33)35-16-19-12-9-13-21-28-29-22(31(19)21)20(27-23(32)25(2,3)26)17-34-15-18-10-7-6-8-11-18/h6-13,20H,5,14-17,26H2,1-4H3,(H,27,32)/t20-/m1/s1. The van der Waals surface area contributed by atoms with E-state index < -0.39 is 17.7 Å². The highest BCUT2D eigenvalue weighted by Crippen LogP contribution is 2.18. The van der Waals surface area contributed by atoms with Crippen LogP contribution in [0.1, 0.15) is 50.3 Å². The third-order valence-electron chi connectivity index (χ3n) is 5.35. The summed E-state index contributed by atoms with van der Waals surface area (Å²) in [5.74, 6) is 0.104. The molecule has 1 atom stereocenters. The molecule has 0 unspecified atom stereocenters. The first-order valence-electron chi connectivity index (χ1n) is 11.6. The Morgan fingerprint density at radius 1 is 1.11 bits per heavy atom. The van der Waals surface area contributed by atoms with Crippen LogP contribution in [0.25, 0.3) is 5.65 Å². The van der Waals surface area contributed by atoms with Gasteiger partial charge in [0.2, 0.25) is 5.91 Å². The number of ether oxygens (including phenoxy) is 2. The minimum Gasteiger partial charge on any atom is -0.443 e. The molecule has 10 nitrogen and oxygen atoms in total. The van der Waals surface area contributed by atoms with Crippen molar-refractivity contribution in [3.05, 3.63) is 65.6 Å². The zero-order chi connectivity index (χ0) is 25.4. The molecule has 2 heterocycles. The number of pyridine rings is 1. The Morgan fingerprint density at radius 3 is 2.54 bits per heavy atom. The normalized spacial score (nSPS) is 12.4. The van der Waals surface area contributed by atoms with Crippen LogP contribution < -0.4 is 11.1 Å². The van der Waals surface area contributed by atoms with E-state index in [0.29, 0.717) is 30.3 Å². The van der Waals surface area contributed by atoms with Crippen molar-refractivity contribution in [3.8, 4) is 0 Å². The molecule has 0 fully saturated rings. The molecule has 0 bridgehead atoms. The van der Waals surface area contributed by atoms with Crippen molar-refractivity contribution in [2.24, 2.45) is 5.73 Å². The summed E-state index contributed by atoms with van der Waals surface area (Å²) < 4.78 is 13.2. The van der Waals surface area contributed by atoms with Crippen molar-refractivity contribution in [3.63, 3.8) is 0 Å². The van der Waals surface area contributed by atoms with E-state index in [9.17, 15) is 9.59 Å². The molecule has 3 aromatic rings. The summed E-state index contributed by atoms with van der Waals surface area (Å²) in [5.41, 5.74) is 7.15. The van der Waals surface area contributed by atoms with Gasteiger partial charge in [-0.2, -0.15) is 0 Å². The summed E-state index contributed by atoms with van der Waals surface area (Å²) in [6, 6.07) is 14.5. The van der Waals surface area contributed by atoms with Gasteiger partial charge in [0.05, 0.1) is 24.4 Å². The number of hydrogen-bond acceptors (Lipinski definition) is 7. The van der Waals surface area contributed by atoms with E-state index in [2.05, 4.69) is 15.5 Å². The van der Waals surface area contributed by atoms with Crippen molar-refractivity contribution in [1.82, 2.24) is 24.8 Å². The van der Waals surface area contributed by atoms with Gasteiger partial charge in [-0.1, -0.05) is 43.3 Å². The molecule has 0 aliphatic rings. The minimum absolute atomic E-state index is 0.0171. The van der Waals surface area contributed by atoms with Crippen molar-refractivity contribution < 1.29 is 19.1 Å². The van der Waals surface area contributed by atoms with Crippen LogP contribution in [0.3, 0.4) is 0 Å². The van der Waals surface area contributed by atoms with Gasteiger partial charge in [-0.25, -0.2) is 4.79 Å². The maximum atomic E-state index is 12.8. The van der Waals surface area contributed by atoms with Crippen LogP contribution in [0.4, 0.5) is 4.79 Å². The van der Waals surface area contributed by atoms with Crippen LogP contribution in [-0.2, 0) is 27.5 Å². The highest BCUT2D eigenvalue weighted by atomic mass is 16.6. The number of fused-ring (bicyclic) bond motifs is 1. The van der Waals surface area contributed by atoms with Gasteiger partial charge in [0, 0.05) is 13.6 Å². The number of aromatic nitrogens is 3. The van der Waals surface area contributed by atoms with Crippen LogP contribution in [0, 0.1) is 0 Å². The summed E-state index contributed by atoms with van der Waals surface area (Å²) in [6.45, 7) is 6.37. The molecule has 0 spiro atoms. The van der Waals surface area contributed by atoms with Gasteiger partial charge in [0.1, 0.15) is 12.6 Å². The first-order chi connectivity index (χ1) is 16.7. The zero-order valence-corrected chi connectivity index (χ0v) is 20.7. The van der Waals surface area contributed by atoms with Crippen LogP contribution in [0.2, 0.25) is 0 Å². The topological polar surface area (TPSA) is 124 Å².